The summed E-state index contributed by atoms with van der Waals surface area (Å²) in [4.78, 5) is 4.36. The number of nitrogens with zero attached hydrogens (tertiary/aromatic N) is 1. The third kappa shape index (κ3) is 2.07. The van der Waals surface area contributed by atoms with Gasteiger partial charge < -0.3 is 5.32 Å². The lowest BCUT2D eigenvalue weighted by molar-refractivity contribution is 0.348. The maximum atomic E-state index is 4.36. The van der Waals surface area contributed by atoms with Crippen molar-refractivity contribution < 1.29 is 0 Å². The molecule has 0 aliphatic heterocycles. The molecule has 82 valence electrons. The van der Waals surface area contributed by atoms with Crippen LogP contribution in [-0.2, 0) is 0 Å². The molecule has 0 aromatic carbocycles. The summed E-state index contributed by atoms with van der Waals surface area (Å²) in [5, 5.41) is 6.56. The van der Waals surface area contributed by atoms with Gasteiger partial charge in [-0.15, -0.1) is 11.3 Å². The van der Waals surface area contributed by atoms with Crippen LogP contribution < -0.4 is 5.32 Å². The second-order valence-corrected chi connectivity index (χ2v) is 6.46. The smallest absolute Gasteiger partial charge is 0.183 e. The van der Waals surface area contributed by atoms with Gasteiger partial charge in [-0.05, 0) is 52.9 Å². The van der Waals surface area contributed by atoms with Crippen molar-refractivity contribution in [2.45, 2.75) is 25.7 Å². The van der Waals surface area contributed by atoms with Crippen LogP contribution in [0.25, 0.3) is 0 Å². The standard InChI is InChI=1S/C11H15BrN2S/c12-10-6-15-11(14-10)13-5-9-4-7-1-2-8(9)3-7/h6-9H,1-5H2,(H,13,14). The molecular formula is C11H15BrN2S. The quantitative estimate of drug-likeness (QED) is 0.915. The highest BCUT2D eigenvalue weighted by molar-refractivity contribution is 9.10. The Morgan fingerprint density at radius 1 is 1.47 bits per heavy atom. The monoisotopic (exact) mass is 286 g/mol. The normalized spacial score (nSPS) is 33.5. The summed E-state index contributed by atoms with van der Waals surface area (Å²) in [5.41, 5.74) is 0. The van der Waals surface area contributed by atoms with Gasteiger partial charge in [-0.2, -0.15) is 0 Å². The Morgan fingerprint density at radius 3 is 3.00 bits per heavy atom. The summed E-state index contributed by atoms with van der Waals surface area (Å²) in [6.07, 6.45) is 5.90. The second kappa shape index (κ2) is 4.06. The molecule has 2 aliphatic rings. The highest BCUT2D eigenvalue weighted by atomic mass is 79.9. The average molecular weight is 287 g/mol. The molecular weight excluding hydrogens is 272 g/mol. The van der Waals surface area contributed by atoms with Crippen molar-refractivity contribution in [2.75, 3.05) is 11.9 Å². The first kappa shape index (κ1) is 10.1. The van der Waals surface area contributed by atoms with Crippen LogP contribution in [0.2, 0.25) is 0 Å². The molecule has 4 heteroatoms. The van der Waals surface area contributed by atoms with Crippen molar-refractivity contribution in [2.24, 2.45) is 17.8 Å². The number of nitrogens with one attached hydrogen (secondary N) is 1. The average Bonchev–Trinajstić information content (AvgIpc) is 2.90. The van der Waals surface area contributed by atoms with Crippen LogP contribution in [0.5, 0.6) is 0 Å². The van der Waals surface area contributed by atoms with E-state index in [0.717, 1.165) is 34.0 Å². The number of hydrogen-bond donors (Lipinski definition) is 1. The van der Waals surface area contributed by atoms with Crippen LogP contribution >= 0.6 is 27.3 Å². The van der Waals surface area contributed by atoms with Gasteiger partial charge in [0.15, 0.2) is 5.13 Å². The van der Waals surface area contributed by atoms with E-state index < -0.39 is 0 Å². The molecule has 0 amide bonds. The van der Waals surface area contributed by atoms with Gasteiger partial charge in [0.1, 0.15) is 4.60 Å². The number of rotatable bonds is 3. The van der Waals surface area contributed by atoms with E-state index in [-0.39, 0.29) is 0 Å². The molecule has 15 heavy (non-hydrogen) atoms. The van der Waals surface area contributed by atoms with Crippen molar-refractivity contribution in [3.63, 3.8) is 0 Å². The molecule has 1 N–H and O–H groups in total. The fourth-order valence-electron chi connectivity index (χ4n) is 3.18. The lowest BCUT2D eigenvalue weighted by Crippen LogP contribution is -2.19. The SMILES string of the molecule is Brc1csc(NCC2CC3CCC2C3)n1. The fourth-order valence-corrected chi connectivity index (χ4v) is 4.33. The number of hydrogen-bond acceptors (Lipinski definition) is 3. The van der Waals surface area contributed by atoms with Gasteiger partial charge in [0, 0.05) is 11.9 Å². The zero-order chi connectivity index (χ0) is 10.3. The Bertz CT molecular complexity index is 352. The van der Waals surface area contributed by atoms with Crippen LogP contribution in [0.3, 0.4) is 0 Å². The van der Waals surface area contributed by atoms with E-state index in [1.54, 1.807) is 11.3 Å². The number of halogens is 1. The van der Waals surface area contributed by atoms with Crippen molar-refractivity contribution in [1.29, 1.82) is 0 Å². The maximum absolute atomic E-state index is 4.36. The van der Waals surface area contributed by atoms with E-state index in [1.807, 2.05) is 5.38 Å². The van der Waals surface area contributed by atoms with E-state index in [1.165, 1.54) is 25.7 Å². The van der Waals surface area contributed by atoms with E-state index in [2.05, 4.69) is 26.2 Å². The van der Waals surface area contributed by atoms with Gasteiger partial charge >= 0.3 is 0 Å². The topological polar surface area (TPSA) is 24.9 Å². The molecule has 1 heterocycles. The Labute approximate surface area is 103 Å². The summed E-state index contributed by atoms with van der Waals surface area (Å²) < 4.78 is 0.947. The molecule has 2 fully saturated rings. The molecule has 2 aliphatic carbocycles. The summed E-state index contributed by atoms with van der Waals surface area (Å²) in [5.74, 6) is 2.96. The third-order valence-electron chi connectivity index (χ3n) is 3.88. The molecule has 0 radical (unpaired) electrons. The van der Waals surface area contributed by atoms with Crippen LogP contribution in [0.15, 0.2) is 9.98 Å². The largest absolute Gasteiger partial charge is 0.361 e. The maximum Gasteiger partial charge on any atom is 0.183 e. The summed E-state index contributed by atoms with van der Waals surface area (Å²) >= 11 is 5.06. The lowest BCUT2D eigenvalue weighted by Gasteiger charge is -2.21. The molecule has 0 saturated heterocycles. The number of fused-ring (bicyclic) bond motifs is 2. The highest BCUT2D eigenvalue weighted by Crippen LogP contribution is 2.48. The Morgan fingerprint density at radius 2 is 2.40 bits per heavy atom. The lowest BCUT2D eigenvalue weighted by atomic mass is 9.89. The van der Waals surface area contributed by atoms with Crippen LogP contribution in [0.4, 0.5) is 5.13 Å². The van der Waals surface area contributed by atoms with Gasteiger partial charge in [-0.25, -0.2) is 4.98 Å². The summed E-state index contributed by atoms with van der Waals surface area (Å²) in [6.45, 7) is 1.13. The number of thiazole rings is 1. The first-order chi connectivity index (χ1) is 7.31. The fraction of sp³-hybridized carbons (Fsp3) is 0.727. The van der Waals surface area contributed by atoms with Crippen molar-refractivity contribution >= 4 is 32.4 Å². The van der Waals surface area contributed by atoms with Crippen LogP contribution in [0, 0.1) is 17.8 Å². The number of anilines is 1. The molecule has 1 aromatic rings. The Hall–Kier alpha value is -0.0900. The highest BCUT2D eigenvalue weighted by Gasteiger charge is 2.39. The van der Waals surface area contributed by atoms with Crippen molar-refractivity contribution in [3.8, 4) is 0 Å². The van der Waals surface area contributed by atoms with E-state index in [0.29, 0.717) is 0 Å². The van der Waals surface area contributed by atoms with Gasteiger partial charge in [0.2, 0.25) is 0 Å². The molecule has 3 rings (SSSR count). The molecule has 2 saturated carbocycles. The van der Waals surface area contributed by atoms with Crippen LogP contribution in [0.1, 0.15) is 25.7 Å². The zero-order valence-electron chi connectivity index (χ0n) is 8.58. The minimum Gasteiger partial charge on any atom is -0.361 e. The van der Waals surface area contributed by atoms with Gasteiger partial charge in [0.05, 0.1) is 0 Å². The van der Waals surface area contributed by atoms with E-state index >= 15 is 0 Å². The third-order valence-corrected chi connectivity index (χ3v) is 5.39. The molecule has 3 atom stereocenters. The molecule has 2 nitrogen and oxygen atoms in total. The Kier molecular flexibility index (Phi) is 2.73. The van der Waals surface area contributed by atoms with Crippen LogP contribution in [-0.4, -0.2) is 11.5 Å². The van der Waals surface area contributed by atoms with E-state index in [9.17, 15) is 0 Å². The number of aromatic nitrogens is 1. The summed E-state index contributed by atoms with van der Waals surface area (Å²) in [6, 6.07) is 0. The first-order valence-electron chi connectivity index (χ1n) is 5.66. The molecule has 1 aromatic heterocycles. The van der Waals surface area contributed by atoms with Gasteiger partial charge in [-0.1, -0.05) is 6.42 Å². The Balaban J connectivity index is 1.54. The minimum absolute atomic E-state index is 0.909. The summed E-state index contributed by atoms with van der Waals surface area (Å²) in [7, 11) is 0. The predicted octanol–water partition coefficient (Wildman–Crippen LogP) is 3.75. The van der Waals surface area contributed by atoms with Crippen molar-refractivity contribution in [3.05, 3.63) is 9.98 Å². The first-order valence-corrected chi connectivity index (χ1v) is 7.33. The predicted molar refractivity (Wildman–Crippen MR) is 67.2 cm³/mol. The minimum atomic E-state index is 0.909. The molecule has 3 unspecified atom stereocenters. The van der Waals surface area contributed by atoms with Gasteiger partial charge in [0.25, 0.3) is 0 Å². The molecule has 0 spiro atoms. The second-order valence-electron chi connectivity index (χ2n) is 4.79. The van der Waals surface area contributed by atoms with Gasteiger partial charge in [-0.3, -0.25) is 0 Å². The van der Waals surface area contributed by atoms with E-state index in [4.69, 9.17) is 0 Å². The molecule has 2 bridgehead atoms. The van der Waals surface area contributed by atoms with Crippen molar-refractivity contribution in [1.82, 2.24) is 4.98 Å². The zero-order valence-corrected chi connectivity index (χ0v) is 11.0.